The van der Waals surface area contributed by atoms with Crippen molar-refractivity contribution in [1.82, 2.24) is 4.90 Å². The van der Waals surface area contributed by atoms with Crippen LogP contribution in [0.4, 0.5) is 0 Å². The highest BCUT2D eigenvalue weighted by Crippen LogP contribution is 2.34. The first-order valence-corrected chi connectivity index (χ1v) is 7.78. The highest BCUT2D eigenvalue weighted by atomic mass is 16.5. The molecule has 3 nitrogen and oxygen atoms in total. The van der Waals surface area contributed by atoms with Gasteiger partial charge in [0.15, 0.2) is 0 Å². The lowest BCUT2D eigenvalue weighted by Crippen LogP contribution is -2.38. The van der Waals surface area contributed by atoms with Gasteiger partial charge in [-0.05, 0) is 49.3 Å². The van der Waals surface area contributed by atoms with Gasteiger partial charge in [-0.3, -0.25) is 4.90 Å². The normalized spacial score (nSPS) is 31.0. The average Bonchev–Trinajstić information content (AvgIpc) is 2.85. The maximum absolute atomic E-state index is 10.8. The summed E-state index contributed by atoms with van der Waals surface area (Å²) in [7, 11) is 1.78. The fourth-order valence-electron chi connectivity index (χ4n) is 3.84. The molecule has 0 bridgehead atoms. The Labute approximate surface area is 121 Å². The van der Waals surface area contributed by atoms with Gasteiger partial charge in [0, 0.05) is 19.7 Å². The highest BCUT2D eigenvalue weighted by molar-refractivity contribution is 5.31. The minimum atomic E-state index is -0.338. The first-order chi connectivity index (χ1) is 9.79. The van der Waals surface area contributed by atoms with Gasteiger partial charge in [-0.25, -0.2) is 0 Å². The zero-order chi connectivity index (χ0) is 13.9. The molecule has 3 unspecified atom stereocenters. The topological polar surface area (TPSA) is 32.7 Å². The van der Waals surface area contributed by atoms with Crippen LogP contribution >= 0.6 is 0 Å². The van der Waals surface area contributed by atoms with Crippen molar-refractivity contribution >= 4 is 0 Å². The Morgan fingerprint density at radius 1 is 1.30 bits per heavy atom. The third kappa shape index (κ3) is 2.76. The van der Waals surface area contributed by atoms with E-state index in [9.17, 15) is 5.11 Å². The van der Waals surface area contributed by atoms with Crippen LogP contribution in [0.15, 0.2) is 24.3 Å². The van der Waals surface area contributed by atoms with Crippen LogP contribution < -0.4 is 0 Å². The monoisotopic (exact) mass is 275 g/mol. The molecule has 1 heterocycles. The second-order valence-corrected chi connectivity index (χ2v) is 6.21. The number of aliphatic hydroxyl groups is 1. The third-order valence-electron chi connectivity index (χ3n) is 4.87. The zero-order valence-electron chi connectivity index (χ0n) is 12.3. The molecule has 1 aliphatic carbocycles. The van der Waals surface area contributed by atoms with E-state index in [4.69, 9.17) is 4.74 Å². The summed E-state index contributed by atoms with van der Waals surface area (Å²) in [5.41, 5.74) is 2.47. The summed E-state index contributed by atoms with van der Waals surface area (Å²) >= 11 is 0. The molecule has 0 aromatic heterocycles. The molecule has 20 heavy (non-hydrogen) atoms. The molecule has 1 aliphatic heterocycles. The van der Waals surface area contributed by atoms with Crippen molar-refractivity contribution in [2.45, 2.75) is 37.8 Å². The first kappa shape index (κ1) is 14.1. The average molecular weight is 275 g/mol. The number of benzene rings is 1. The second kappa shape index (κ2) is 6.25. The maximum atomic E-state index is 10.8. The molecule has 3 atom stereocenters. The maximum Gasteiger partial charge on any atom is 0.0947 e. The molecular formula is C17H25NO2. The Bertz CT molecular complexity index is 448. The van der Waals surface area contributed by atoms with Crippen LogP contribution in [-0.2, 0) is 11.2 Å². The second-order valence-electron chi connectivity index (χ2n) is 6.21. The molecule has 1 N–H and O–H groups in total. The van der Waals surface area contributed by atoms with Gasteiger partial charge in [0.1, 0.15) is 0 Å². The van der Waals surface area contributed by atoms with Gasteiger partial charge in [-0.1, -0.05) is 24.3 Å². The van der Waals surface area contributed by atoms with E-state index in [1.807, 2.05) is 6.07 Å². The molecule has 1 fully saturated rings. The Morgan fingerprint density at radius 3 is 3.00 bits per heavy atom. The Hall–Kier alpha value is -0.900. The van der Waals surface area contributed by atoms with E-state index in [0.717, 1.165) is 38.1 Å². The fourth-order valence-corrected chi connectivity index (χ4v) is 3.84. The largest absolute Gasteiger partial charge is 0.387 e. The summed E-state index contributed by atoms with van der Waals surface area (Å²) in [6, 6.07) is 8.67. The number of methoxy groups -OCH3 is 1. The summed E-state index contributed by atoms with van der Waals surface area (Å²) in [5.74, 6) is 0.630. The number of aliphatic hydroxyl groups excluding tert-OH is 1. The molecule has 2 aliphatic rings. The zero-order valence-corrected chi connectivity index (χ0v) is 12.3. The minimum absolute atomic E-state index is 0.278. The summed E-state index contributed by atoms with van der Waals surface area (Å²) in [5, 5.41) is 10.8. The number of nitrogens with zero attached hydrogens (tertiary/aromatic N) is 1. The fraction of sp³-hybridized carbons (Fsp3) is 0.647. The number of fused-ring (bicyclic) bond motifs is 1. The molecule has 1 aromatic rings. The lowest BCUT2D eigenvalue weighted by Gasteiger charge is -2.31. The van der Waals surface area contributed by atoms with Crippen molar-refractivity contribution in [2.75, 3.05) is 26.8 Å². The molecule has 1 saturated heterocycles. The van der Waals surface area contributed by atoms with Gasteiger partial charge in [-0.15, -0.1) is 0 Å². The van der Waals surface area contributed by atoms with Gasteiger partial charge in [0.2, 0.25) is 0 Å². The van der Waals surface area contributed by atoms with Crippen molar-refractivity contribution in [1.29, 1.82) is 0 Å². The summed E-state index contributed by atoms with van der Waals surface area (Å²) in [6.07, 6.45) is 4.22. The summed E-state index contributed by atoms with van der Waals surface area (Å²) in [4.78, 5) is 2.48. The van der Waals surface area contributed by atoms with Crippen LogP contribution in [0.2, 0.25) is 0 Å². The van der Waals surface area contributed by atoms with E-state index in [1.165, 1.54) is 18.4 Å². The van der Waals surface area contributed by atoms with Crippen LogP contribution in [0.5, 0.6) is 0 Å². The quantitative estimate of drug-likeness (QED) is 0.860. The predicted molar refractivity (Wildman–Crippen MR) is 79.7 cm³/mol. The standard InChI is InChI=1S/C17H25NO2/c1-20-12-13-9-10-18(11-13)16-8-4-6-14-5-2-3-7-15(14)17(16)19/h2-3,5,7,13,16-17,19H,4,6,8-12H2,1H3. The van der Waals surface area contributed by atoms with Gasteiger partial charge < -0.3 is 9.84 Å². The molecule has 1 aromatic carbocycles. The molecule has 3 heteroatoms. The smallest absolute Gasteiger partial charge is 0.0947 e. The van der Waals surface area contributed by atoms with E-state index in [0.29, 0.717) is 5.92 Å². The van der Waals surface area contributed by atoms with E-state index in [1.54, 1.807) is 7.11 Å². The summed E-state index contributed by atoms with van der Waals surface area (Å²) in [6.45, 7) is 3.01. The van der Waals surface area contributed by atoms with Gasteiger partial charge in [-0.2, -0.15) is 0 Å². The number of ether oxygens (including phenoxy) is 1. The van der Waals surface area contributed by atoms with E-state index >= 15 is 0 Å². The molecule has 0 spiro atoms. The number of aryl methyl sites for hydroxylation is 1. The van der Waals surface area contributed by atoms with Crippen LogP contribution in [0, 0.1) is 5.92 Å². The van der Waals surface area contributed by atoms with Crippen molar-refractivity contribution in [3.8, 4) is 0 Å². The number of hydrogen-bond acceptors (Lipinski definition) is 3. The number of rotatable bonds is 3. The Balaban J connectivity index is 1.75. The molecular weight excluding hydrogens is 250 g/mol. The van der Waals surface area contributed by atoms with Gasteiger partial charge in [0.05, 0.1) is 12.7 Å². The first-order valence-electron chi connectivity index (χ1n) is 7.78. The lowest BCUT2D eigenvalue weighted by molar-refractivity contribution is 0.0527. The van der Waals surface area contributed by atoms with Crippen LogP contribution in [0.25, 0.3) is 0 Å². The Morgan fingerprint density at radius 2 is 2.15 bits per heavy atom. The predicted octanol–water partition coefficient (Wildman–Crippen LogP) is 2.39. The van der Waals surface area contributed by atoms with Crippen molar-refractivity contribution in [3.05, 3.63) is 35.4 Å². The molecule has 110 valence electrons. The van der Waals surface area contributed by atoms with Crippen LogP contribution in [-0.4, -0.2) is 42.9 Å². The SMILES string of the molecule is COCC1CCN(C2CCCc3ccccc3C2O)C1. The van der Waals surface area contributed by atoms with Crippen molar-refractivity contribution < 1.29 is 9.84 Å². The number of likely N-dealkylation sites (tertiary alicyclic amines) is 1. The number of hydrogen-bond donors (Lipinski definition) is 1. The van der Waals surface area contributed by atoms with Crippen molar-refractivity contribution in [2.24, 2.45) is 5.92 Å². The van der Waals surface area contributed by atoms with E-state index in [2.05, 4.69) is 23.1 Å². The molecule has 0 radical (unpaired) electrons. The van der Waals surface area contributed by atoms with E-state index in [-0.39, 0.29) is 12.1 Å². The molecule has 3 rings (SSSR count). The van der Waals surface area contributed by atoms with Crippen molar-refractivity contribution in [3.63, 3.8) is 0 Å². The van der Waals surface area contributed by atoms with Gasteiger partial charge in [0.25, 0.3) is 0 Å². The highest BCUT2D eigenvalue weighted by Gasteiger charge is 2.34. The molecule has 0 saturated carbocycles. The molecule has 0 amide bonds. The third-order valence-corrected chi connectivity index (χ3v) is 4.87. The Kier molecular flexibility index (Phi) is 4.39. The van der Waals surface area contributed by atoms with E-state index < -0.39 is 0 Å². The van der Waals surface area contributed by atoms with Crippen LogP contribution in [0.1, 0.15) is 36.5 Å². The summed E-state index contributed by atoms with van der Waals surface area (Å²) < 4.78 is 5.28. The lowest BCUT2D eigenvalue weighted by atomic mass is 9.98. The minimum Gasteiger partial charge on any atom is -0.387 e. The van der Waals surface area contributed by atoms with Crippen LogP contribution in [0.3, 0.4) is 0 Å². The van der Waals surface area contributed by atoms with Gasteiger partial charge >= 0.3 is 0 Å².